The van der Waals surface area contributed by atoms with Crippen LogP contribution >= 0.6 is 0 Å². The predicted octanol–water partition coefficient (Wildman–Crippen LogP) is 2.82. The summed E-state index contributed by atoms with van der Waals surface area (Å²) < 4.78 is 32.1. The van der Waals surface area contributed by atoms with Crippen LogP contribution < -0.4 is 0 Å². The molecule has 0 aromatic heterocycles. The van der Waals surface area contributed by atoms with Gasteiger partial charge in [0, 0.05) is 6.54 Å². The van der Waals surface area contributed by atoms with Crippen LogP contribution in [0.5, 0.6) is 0 Å². The molecule has 0 aliphatic carbocycles. The van der Waals surface area contributed by atoms with E-state index in [-0.39, 0.29) is 25.5 Å². The number of halogens is 2. The van der Waals surface area contributed by atoms with Gasteiger partial charge in [-0.3, -0.25) is 4.79 Å². The number of aliphatic hydroxyl groups is 1. The molecule has 0 bridgehead atoms. The van der Waals surface area contributed by atoms with Crippen molar-refractivity contribution >= 4 is 5.91 Å². The van der Waals surface area contributed by atoms with E-state index >= 15 is 0 Å². The Hall–Kier alpha value is -2.31. The van der Waals surface area contributed by atoms with Crippen LogP contribution in [0.4, 0.5) is 8.78 Å². The van der Waals surface area contributed by atoms with E-state index in [1.807, 2.05) is 30.3 Å². The van der Waals surface area contributed by atoms with Gasteiger partial charge in [-0.05, 0) is 29.7 Å². The van der Waals surface area contributed by atoms with E-state index in [9.17, 15) is 18.7 Å². The van der Waals surface area contributed by atoms with E-state index in [1.54, 1.807) is 0 Å². The number of ether oxygens (including phenoxy) is 1. The van der Waals surface area contributed by atoms with E-state index in [2.05, 4.69) is 0 Å². The molecule has 1 heterocycles. The lowest BCUT2D eigenvalue weighted by molar-refractivity contribution is -0.137. The topological polar surface area (TPSA) is 49.8 Å². The van der Waals surface area contributed by atoms with Gasteiger partial charge in [0.2, 0.25) is 5.91 Å². The Labute approximate surface area is 144 Å². The summed E-state index contributed by atoms with van der Waals surface area (Å²) in [7, 11) is 0. The van der Waals surface area contributed by atoms with E-state index in [1.165, 1.54) is 11.0 Å². The second-order valence-corrected chi connectivity index (χ2v) is 6.10. The number of nitrogens with zero attached hydrogens (tertiary/aromatic N) is 1. The number of aliphatic hydroxyl groups excluding tert-OH is 1. The van der Waals surface area contributed by atoms with Crippen molar-refractivity contribution in [2.24, 2.45) is 0 Å². The summed E-state index contributed by atoms with van der Waals surface area (Å²) in [6.07, 6.45) is -0.411. The third-order valence-electron chi connectivity index (χ3n) is 4.26. The molecule has 0 spiro atoms. The van der Waals surface area contributed by atoms with Crippen molar-refractivity contribution in [3.63, 3.8) is 0 Å². The van der Waals surface area contributed by atoms with Gasteiger partial charge in [0.1, 0.15) is 6.61 Å². The number of carbonyl (C=O) groups excluding carboxylic acids is 1. The van der Waals surface area contributed by atoms with E-state index in [4.69, 9.17) is 4.74 Å². The molecule has 4 nitrogen and oxygen atoms in total. The number of rotatable bonds is 5. The number of β-amino-alcohol motifs (C(OH)–C–C–N with tert-alkyl or cyclic N) is 1. The van der Waals surface area contributed by atoms with Crippen molar-refractivity contribution in [1.29, 1.82) is 0 Å². The molecule has 2 aromatic carbocycles. The number of amides is 1. The maximum absolute atomic E-state index is 13.5. The van der Waals surface area contributed by atoms with Gasteiger partial charge in [-0.2, -0.15) is 0 Å². The monoisotopic (exact) mass is 347 g/mol. The first-order valence-corrected chi connectivity index (χ1v) is 8.08. The van der Waals surface area contributed by atoms with E-state index in [0.29, 0.717) is 12.2 Å². The van der Waals surface area contributed by atoms with Crippen molar-refractivity contribution in [2.75, 3.05) is 13.2 Å². The summed E-state index contributed by atoms with van der Waals surface area (Å²) in [5, 5.41) is 9.91. The molecule has 2 atom stereocenters. The highest BCUT2D eigenvalue weighted by Gasteiger charge is 2.35. The summed E-state index contributed by atoms with van der Waals surface area (Å²) in [6, 6.07) is 12.5. The van der Waals surface area contributed by atoms with Crippen LogP contribution in [0.1, 0.15) is 23.6 Å². The molecule has 1 N–H and O–H groups in total. The molecule has 0 unspecified atom stereocenters. The second-order valence-electron chi connectivity index (χ2n) is 6.10. The third kappa shape index (κ3) is 4.21. The van der Waals surface area contributed by atoms with Gasteiger partial charge in [-0.25, -0.2) is 8.78 Å². The molecule has 2 aromatic rings. The average molecular weight is 347 g/mol. The molecule has 1 saturated heterocycles. The van der Waals surface area contributed by atoms with Crippen LogP contribution in [0.15, 0.2) is 48.5 Å². The molecule has 1 fully saturated rings. The van der Waals surface area contributed by atoms with E-state index in [0.717, 1.165) is 17.7 Å². The van der Waals surface area contributed by atoms with Crippen LogP contribution in [0.2, 0.25) is 0 Å². The fourth-order valence-corrected chi connectivity index (χ4v) is 3.04. The molecule has 0 saturated carbocycles. The lowest BCUT2D eigenvalue weighted by atomic mass is 10.0. The van der Waals surface area contributed by atoms with Gasteiger partial charge < -0.3 is 14.7 Å². The van der Waals surface area contributed by atoms with Crippen molar-refractivity contribution in [2.45, 2.75) is 25.2 Å². The average Bonchev–Trinajstić information content (AvgIpc) is 3.00. The zero-order valence-corrected chi connectivity index (χ0v) is 13.6. The Morgan fingerprint density at radius 1 is 1.16 bits per heavy atom. The molecule has 1 aliphatic rings. The van der Waals surface area contributed by atoms with Crippen LogP contribution in [0.25, 0.3) is 0 Å². The van der Waals surface area contributed by atoms with Crippen LogP contribution in [0, 0.1) is 11.6 Å². The summed E-state index contributed by atoms with van der Waals surface area (Å²) in [4.78, 5) is 13.9. The van der Waals surface area contributed by atoms with Crippen molar-refractivity contribution in [1.82, 2.24) is 4.90 Å². The molecule has 25 heavy (non-hydrogen) atoms. The highest BCUT2D eigenvalue weighted by atomic mass is 19.2. The Morgan fingerprint density at radius 3 is 2.64 bits per heavy atom. The minimum absolute atomic E-state index is 0.137. The van der Waals surface area contributed by atoms with Crippen molar-refractivity contribution < 1.29 is 23.4 Å². The maximum Gasteiger partial charge on any atom is 0.249 e. The molecule has 0 radical (unpaired) electrons. The largest absolute Gasteiger partial charge is 0.391 e. The Kier molecular flexibility index (Phi) is 5.40. The quantitative estimate of drug-likeness (QED) is 0.905. The number of hydrogen-bond acceptors (Lipinski definition) is 3. The molecular formula is C19H19F2NO3. The zero-order chi connectivity index (χ0) is 17.8. The zero-order valence-electron chi connectivity index (χ0n) is 13.6. The Morgan fingerprint density at radius 2 is 1.92 bits per heavy atom. The van der Waals surface area contributed by atoms with Crippen LogP contribution in [-0.2, 0) is 16.1 Å². The first-order valence-electron chi connectivity index (χ1n) is 8.08. The van der Waals surface area contributed by atoms with E-state index < -0.39 is 23.8 Å². The molecule has 3 rings (SSSR count). The first-order chi connectivity index (χ1) is 12.0. The molecule has 132 valence electrons. The number of likely N-dealkylation sites (tertiary alicyclic amines) is 1. The van der Waals surface area contributed by atoms with Crippen LogP contribution in [0.3, 0.4) is 0 Å². The summed E-state index contributed by atoms with van der Waals surface area (Å²) in [5.74, 6) is -2.19. The molecule has 1 aliphatic heterocycles. The second kappa shape index (κ2) is 7.72. The minimum Gasteiger partial charge on any atom is -0.391 e. The number of benzene rings is 2. The standard InChI is InChI=1S/C19H19F2NO3/c20-16-7-6-14(8-17(16)21)18-9-15(23)10-22(18)19(24)12-25-11-13-4-2-1-3-5-13/h1-8,15,18,23H,9-12H2/t15-,18-/m0/s1. The SMILES string of the molecule is O=C(COCc1ccccc1)N1C[C@@H](O)C[C@H]1c1ccc(F)c(F)c1. The van der Waals surface area contributed by atoms with Gasteiger partial charge in [-0.15, -0.1) is 0 Å². The fourth-order valence-electron chi connectivity index (χ4n) is 3.04. The number of hydrogen-bond donors (Lipinski definition) is 1. The highest BCUT2D eigenvalue weighted by molar-refractivity contribution is 5.78. The molecule has 6 heteroatoms. The molecular weight excluding hydrogens is 328 g/mol. The van der Waals surface area contributed by atoms with Crippen molar-refractivity contribution in [3.8, 4) is 0 Å². The smallest absolute Gasteiger partial charge is 0.249 e. The fraction of sp³-hybridized carbons (Fsp3) is 0.316. The summed E-state index contributed by atoms with van der Waals surface area (Å²) in [6.45, 7) is 0.317. The Balaban J connectivity index is 1.64. The van der Waals surface area contributed by atoms with Gasteiger partial charge >= 0.3 is 0 Å². The normalized spacial score (nSPS) is 20.0. The number of carbonyl (C=O) groups is 1. The van der Waals surface area contributed by atoms with Crippen LogP contribution in [-0.4, -0.2) is 35.2 Å². The lowest BCUT2D eigenvalue weighted by Gasteiger charge is -2.25. The molecule has 1 amide bonds. The third-order valence-corrected chi connectivity index (χ3v) is 4.26. The van der Waals surface area contributed by atoms with Gasteiger partial charge in [0.15, 0.2) is 11.6 Å². The summed E-state index contributed by atoms with van der Waals surface area (Å²) >= 11 is 0. The summed E-state index contributed by atoms with van der Waals surface area (Å²) in [5.41, 5.74) is 1.42. The lowest BCUT2D eigenvalue weighted by Crippen LogP contribution is -2.34. The highest BCUT2D eigenvalue weighted by Crippen LogP contribution is 2.33. The Bertz CT molecular complexity index is 739. The minimum atomic E-state index is -0.966. The van der Waals surface area contributed by atoms with Gasteiger partial charge in [0.25, 0.3) is 0 Å². The van der Waals surface area contributed by atoms with Gasteiger partial charge in [0.05, 0.1) is 18.8 Å². The maximum atomic E-state index is 13.5. The first kappa shape index (κ1) is 17.5. The van der Waals surface area contributed by atoms with Crippen molar-refractivity contribution in [3.05, 3.63) is 71.3 Å². The van der Waals surface area contributed by atoms with Gasteiger partial charge in [-0.1, -0.05) is 36.4 Å². The predicted molar refractivity (Wildman–Crippen MR) is 87.5 cm³/mol.